The minimum atomic E-state index is 0.653. The van der Waals surface area contributed by atoms with E-state index in [9.17, 15) is 0 Å². The van der Waals surface area contributed by atoms with Crippen LogP contribution >= 0.6 is 11.3 Å². The number of hydrogen-bond donors (Lipinski definition) is 0. The molecule has 0 aliphatic rings. The first-order chi connectivity index (χ1) is 10.2. The molecule has 1 heterocycles. The van der Waals surface area contributed by atoms with Gasteiger partial charge in [0, 0.05) is 18.5 Å². The molecule has 0 spiro atoms. The van der Waals surface area contributed by atoms with Crippen LogP contribution in [0.25, 0.3) is 0 Å². The summed E-state index contributed by atoms with van der Waals surface area (Å²) >= 11 is 1.69. The molecule has 0 amide bonds. The Morgan fingerprint density at radius 3 is 2.71 bits per heavy atom. The predicted octanol–water partition coefficient (Wildman–Crippen LogP) is 3.22. The van der Waals surface area contributed by atoms with Crippen LogP contribution in [0.5, 0.6) is 5.75 Å². The van der Waals surface area contributed by atoms with Crippen molar-refractivity contribution in [3.05, 3.63) is 45.9 Å². The Kier molecular flexibility index (Phi) is 5.73. The van der Waals surface area contributed by atoms with Crippen molar-refractivity contribution in [3.63, 3.8) is 0 Å². The molecule has 110 valence electrons. The molecule has 4 nitrogen and oxygen atoms in total. The van der Waals surface area contributed by atoms with Gasteiger partial charge in [0.25, 0.3) is 0 Å². The second kappa shape index (κ2) is 7.77. The summed E-state index contributed by atoms with van der Waals surface area (Å²) in [4.78, 5) is 6.71. The molecule has 0 saturated carbocycles. The average molecular weight is 301 g/mol. The molecule has 21 heavy (non-hydrogen) atoms. The molecule has 2 rings (SSSR count). The van der Waals surface area contributed by atoms with Crippen LogP contribution in [0.15, 0.2) is 29.6 Å². The first-order valence-corrected chi connectivity index (χ1v) is 7.78. The molecular formula is C16H19N3OS. The van der Waals surface area contributed by atoms with Gasteiger partial charge in [-0.15, -0.1) is 11.3 Å². The van der Waals surface area contributed by atoms with Crippen molar-refractivity contribution in [3.8, 4) is 11.8 Å². The normalized spacial score (nSPS) is 10.6. The zero-order chi connectivity index (χ0) is 15.1. The molecule has 0 radical (unpaired) electrons. The van der Waals surface area contributed by atoms with Gasteiger partial charge in [0.1, 0.15) is 5.75 Å². The average Bonchev–Trinajstić information content (AvgIpc) is 2.89. The molecule has 0 bridgehead atoms. The number of aromatic nitrogens is 1. The van der Waals surface area contributed by atoms with Gasteiger partial charge in [-0.1, -0.05) is 0 Å². The van der Waals surface area contributed by atoms with Gasteiger partial charge in [0.2, 0.25) is 0 Å². The van der Waals surface area contributed by atoms with Crippen LogP contribution in [0, 0.1) is 18.3 Å². The largest absolute Gasteiger partial charge is 0.494 e. The van der Waals surface area contributed by atoms with Crippen molar-refractivity contribution >= 4 is 11.3 Å². The highest BCUT2D eigenvalue weighted by atomic mass is 32.1. The molecule has 1 aromatic heterocycles. The van der Waals surface area contributed by atoms with Crippen LogP contribution in [0.3, 0.4) is 0 Å². The van der Waals surface area contributed by atoms with E-state index in [4.69, 9.17) is 10.00 Å². The smallest absolute Gasteiger partial charge is 0.119 e. The second-order valence-corrected chi connectivity index (χ2v) is 6.00. The third-order valence-electron chi connectivity index (χ3n) is 3.03. The van der Waals surface area contributed by atoms with Gasteiger partial charge in [-0.05, 0) is 44.7 Å². The van der Waals surface area contributed by atoms with Gasteiger partial charge in [-0.3, -0.25) is 0 Å². The fraction of sp³-hybridized carbons (Fsp3) is 0.375. The summed E-state index contributed by atoms with van der Waals surface area (Å²) in [6.45, 7) is 4.54. The Bertz CT molecular complexity index is 601. The highest BCUT2D eigenvalue weighted by molar-refractivity contribution is 7.09. The third-order valence-corrected chi connectivity index (χ3v) is 3.86. The Hall–Kier alpha value is -1.90. The van der Waals surface area contributed by atoms with E-state index in [-0.39, 0.29) is 0 Å². The summed E-state index contributed by atoms with van der Waals surface area (Å²) in [5, 5.41) is 11.9. The van der Waals surface area contributed by atoms with E-state index in [1.807, 2.05) is 19.1 Å². The minimum Gasteiger partial charge on any atom is -0.494 e. The maximum atomic E-state index is 8.73. The zero-order valence-electron chi connectivity index (χ0n) is 12.4. The summed E-state index contributed by atoms with van der Waals surface area (Å²) < 4.78 is 5.66. The number of thiazole rings is 1. The quantitative estimate of drug-likeness (QED) is 0.737. The Morgan fingerprint density at radius 2 is 2.10 bits per heavy atom. The van der Waals surface area contributed by atoms with Crippen molar-refractivity contribution in [1.82, 2.24) is 9.88 Å². The number of benzene rings is 1. The summed E-state index contributed by atoms with van der Waals surface area (Å²) in [6, 6.07) is 9.30. The molecule has 5 heteroatoms. The van der Waals surface area contributed by atoms with Crippen LogP contribution in [0.4, 0.5) is 0 Å². The number of hydrogen-bond acceptors (Lipinski definition) is 5. The minimum absolute atomic E-state index is 0.653. The molecule has 0 saturated heterocycles. The molecule has 0 fully saturated rings. The van der Waals surface area contributed by atoms with E-state index in [0.717, 1.165) is 36.0 Å². The van der Waals surface area contributed by atoms with Crippen LogP contribution in [0.1, 0.15) is 22.7 Å². The number of nitriles is 1. The van der Waals surface area contributed by atoms with E-state index in [0.29, 0.717) is 12.2 Å². The zero-order valence-corrected chi connectivity index (χ0v) is 13.2. The van der Waals surface area contributed by atoms with Crippen molar-refractivity contribution in [2.24, 2.45) is 0 Å². The fourth-order valence-electron chi connectivity index (χ4n) is 1.99. The van der Waals surface area contributed by atoms with Crippen LogP contribution in [0.2, 0.25) is 0 Å². The maximum absolute atomic E-state index is 8.73. The van der Waals surface area contributed by atoms with Gasteiger partial charge in [0.05, 0.1) is 28.9 Å². The predicted molar refractivity (Wildman–Crippen MR) is 84.5 cm³/mol. The summed E-state index contributed by atoms with van der Waals surface area (Å²) in [6.07, 6.45) is 0.958. The lowest BCUT2D eigenvalue weighted by Gasteiger charge is -2.15. The molecule has 2 aromatic rings. The second-order valence-electron chi connectivity index (χ2n) is 4.93. The highest BCUT2D eigenvalue weighted by Gasteiger charge is 2.03. The third kappa shape index (κ3) is 5.18. The summed E-state index contributed by atoms with van der Waals surface area (Å²) in [5.41, 5.74) is 1.79. The summed E-state index contributed by atoms with van der Waals surface area (Å²) in [5.74, 6) is 0.812. The summed E-state index contributed by atoms with van der Waals surface area (Å²) in [7, 11) is 2.09. The van der Waals surface area contributed by atoms with Crippen molar-refractivity contribution in [2.45, 2.75) is 19.9 Å². The molecule has 0 unspecified atom stereocenters. The van der Waals surface area contributed by atoms with E-state index in [1.54, 1.807) is 23.5 Å². The monoisotopic (exact) mass is 301 g/mol. The first kappa shape index (κ1) is 15.5. The van der Waals surface area contributed by atoms with E-state index in [1.165, 1.54) is 0 Å². The van der Waals surface area contributed by atoms with Crippen LogP contribution < -0.4 is 4.74 Å². The van der Waals surface area contributed by atoms with Crippen LogP contribution in [-0.2, 0) is 6.54 Å². The Balaban J connectivity index is 1.65. The number of ether oxygens (including phenoxy) is 1. The van der Waals surface area contributed by atoms with E-state index >= 15 is 0 Å². The van der Waals surface area contributed by atoms with Gasteiger partial charge in [-0.25, -0.2) is 4.98 Å². The van der Waals surface area contributed by atoms with Gasteiger partial charge < -0.3 is 9.64 Å². The van der Waals surface area contributed by atoms with E-state index < -0.39 is 0 Å². The molecular weight excluding hydrogens is 282 g/mol. The molecule has 0 aliphatic carbocycles. The molecule has 0 N–H and O–H groups in total. The van der Waals surface area contributed by atoms with Crippen molar-refractivity contribution in [2.75, 3.05) is 20.2 Å². The number of rotatable bonds is 7. The van der Waals surface area contributed by atoms with Gasteiger partial charge >= 0.3 is 0 Å². The van der Waals surface area contributed by atoms with Crippen LogP contribution in [-0.4, -0.2) is 30.1 Å². The van der Waals surface area contributed by atoms with Crippen molar-refractivity contribution in [1.29, 1.82) is 5.26 Å². The fourth-order valence-corrected chi connectivity index (χ4v) is 2.59. The highest BCUT2D eigenvalue weighted by Crippen LogP contribution is 2.12. The van der Waals surface area contributed by atoms with E-state index in [2.05, 4.69) is 28.4 Å². The Morgan fingerprint density at radius 1 is 1.33 bits per heavy atom. The lowest BCUT2D eigenvalue weighted by Crippen LogP contribution is -2.21. The number of nitrogens with zero attached hydrogens (tertiary/aromatic N) is 3. The molecule has 0 aliphatic heterocycles. The Labute approximate surface area is 129 Å². The molecule has 0 atom stereocenters. The lowest BCUT2D eigenvalue weighted by molar-refractivity contribution is 0.257. The maximum Gasteiger partial charge on any atom is 0.119 e. The molecule has 1 aromatic carbocycles. The topological polar surface area (TPSA) is 49.2 Å². The SMILES string of the molecule is Cc1nc(CN(C)CCCOc2ccc(C#N)cc2)cs1. The first-order valence-electron chi connectivity index (χ1n) is 6.90. The standard InChI is InChI=1S/C16H19N3OS/c1-13-18-15(12-21-13)11-19(2)8-3-9-20-16-6-4-14(10-17)5-7-16/h4-7,12H,3,8-9,11H2,1-2H3. The lowest BCUT2D eigenvalue weighted by atomic mass is 10.2. The number of aryl methyl sites for hydroxylation is 1. The van der Waals surface area contributed by atoms with Gasteiger partial charge in [-0.2, -0.15) is 5.26 Å². The van der Waals surface area contributed by atoms with Crippen molar-refractivity contribution < 1.29 is 4.74 Å². The van der Waals surface area contributed by atoms with Gasteiger partial charge in [0.15, 0.2) is 0 Å².